The maximum atomic E-state index is 14.0. The first-order chi connectivity index (χ1) is 22.4. The first-order valence-electron chi connectivity index (χ1n) is 15.9. The molecule has 3 atom stereocenters. The maximum absolute atomic E-state index is 14.0. The lowest BCUT2D eigenvalue weighted by molar-refractivity contribution is -0.111. The van der Waals surface area contributed by atoms with Crippen LogP contribution in [0.25, 0.3) is 0 Å². The third-order valence-corrected chi connectivity index (χ3v) is 9.59. The number of methoxy groups -OCH3 is 1. The molecule has 0 spiro atoms. The second-order valence-corrected chi connectivity index (χ2v) is 12.4. The predicted molar refractivity (Wildman–Crippen MR) is 174 cm³/mol. The van der Waals surface area contributed by atoms with Crippen LogP contribution in [-0.4, -0.2) is 78.9 Å². The molecular formula is C34H40FN7O4. The topological polar surface area (TPSA) is 104 Å². The minimum absolute atomic E-state index is 0.116. The lowest BCUT2D eigenvalue weighted by Gasteiger charge is -2.41. The fraction of sp³-hybridized carbons (Fsp3) is 0.441. The van der Waals surface area contributed by atoms with E-state index in [1.54, 1.807) is 31.2 Å². The molecule has 0 saturated carbocycles. The molecule has 46 heavy (non-hydrogen) atoms. The largest absolute Gasteiger partial charge is 0.494 e. The van der Waals surface area contributed by atoms with E-state index in [1.807, 2.05) is 18.2 Å². The number of likely N-dealkylation sites (tertiary alicyclic amines) is 1. The van der Waals surface area contributed by atoms with E-state index >= 15 is 0 Å². The van der Waals surface area contributed by atoms with Gasteiger partial charge in [-0.25, -0.2) is 19.4 Å². The molecule has 0 aliphatic carbocycles. The third kappa shape index (κ3) is 6.00. The van der Waals surface area contributed by atoms with Crippen molar-refractivity contribution >= 4 is 34.6 Å². The molecule has 4 aliphatic heterocycles. The lowest BCUT2D eigenvalue weighted by Crippen LogP contribution is -2.49. The number of hydrogen-bond acceptors (Lipinski definition) is 10. The van der Waals surface area contributed by atoms with Gasteiger partial charge in [-0.15, -0.1) is 0 Å². The van der Waals surface area contributed by atoms with E-state index in [2.05, 4.69) is 37.0 Å². The average Bonchev–Trinajstić information content (AvgIpc) is 3.85. The third-order valence-electron chi connectivity index (χ3n) is 9.59. The van der Waals surface area contributed by atoms with E-state index in [4.69, 9.17) is 14.3 Å². The normalized spacial score (nSPS) is 23.2. The molecule has 4 saturated heterocycles. The van der Waals surface area contributed by atoms with Crippen molar-refractivity contribution in [3.8, 4) is 5.75 Å². The average molecular weight is 630 g/mol. The van der Waals surface area contributed by atoms with Crippen LogP contribution in [0.1, 0.15) is 42.9 Å². The number of aryl methyl sites for hydroxylation is 1. The number of fused-ring (bicyclic) bond motifs is 2. The van der Waals surface area contributed by atoms with Crippen molar-refractivity contribution in [3.63, 3.8) is 0 Å². The first-order valence-corrected chi connectivity index (χ1v) is 15.9. The summed E-state index contributed by atoms with van der Waals surface area (Å²) < 4.78 is 25.6. The fourth-order valence-electron chi connectivity index (χ4n) is 7.24. The molecule has 1 amide bonds. The van der Waals surface area contributed by atoms with Gasteiger partial charge in [0.25, 0.3) is 0 Å². The Kier molecular flexibility index (Phi) is 8.50. The number of carbonyl (C=O) groups excluding carboxylic acids is 1. The summed E-state index contributed by atoms with van der Waals surface area (Å²) in [5, 5.41) is 8.11. The number of aromatic nitrogens is 2. The van der Waals surface area contributed by atoms with E-state index in [0.29, 0.717) is 59.1 Å². The first kappa shape index (κ1) is 30.4. The molecule has 12 heteroatoms. The summed E-state index contributed by atoms with van der Waals surface area (Å²) >= 11 is 0. The zero-order chi connectivity index (χ0) is 31.8. The van der Waals surface area contributed by atoms with Crippen LogP contribution in [0.4, 0.5) is 33.1 Å². The molecular weight excluding hydrogens is 589 g/mol. The molecule has 3 aromatic rings. The molecule has 0 radical (unpaired) electrons. The van der Waals surface area contributed by atoms with Gasteiger partial charge in [0, 0.05) is 50.3 Å². The highest BCUT2D eigenvalue weighted by Crippen LogP contribution is 2.41. The number of benzene rings is 2. The Bertz CT molecular complexity index is 1610. The van der Waals surface area contributed by atoms with E-state index in [9.17, 15) is 9.18 Å². The van der Waals surface area contributed by atoms with Gasteiger partial charge >= 0.3 is 0 Å². The summed E-state index contributed by atoms with van der Waals surface area (Å²) in [6.45, 7) is 9.53. The van der Waals surface area contributed by atoms with Crippen LogP contribution in [0.15, 0.2) is 55.4 Å². The number of nitrogens with zero attached hydrogens (tertiary/aromatic N) is 5. The zero-order valence-corrected chi connectivity index (χ0v) is 26.2. The summed E-state index contributed by atoms with van der Waals surface area (Å²) in [5.41, 5.74) is 3.72. The summed E-state index contributed by atoms with van der Waals surface area (Å²) in [6.07, 6.45) is 7.10. The predicted octanol–water partition coefficient (Wildman–Crippen LogP) is 5.13. The molecule has 11 nitrogen and oxygen atoms in total. The number of halogens is 1. The quantitative estimate of drug-likeness (QED) is 0.310. The van der Waals surface area contributed by atoms with Crippen molar-refractivity contribution < 1.29 is 23.5 Å². The standard InChI is InChI=1S/C34H40FN7O4/c1-4-34(43)39-27-15-28(31(44-3)16-30(27)40-10-7-23(8-11-40)41-18-25-14-24(41)19-45-25)38-32-17-33(37-20-36-32)42-29(9-12-46-42)22-5-6-26(35)21(2)13-22/h4-6,13,15-17,20,23-25,29H,1,7-12,14,18-19H2,2-3H3,(H,39,43)(H,36,37,38)/t24-,25-,29-/m1/s1. The molecule has 5 heterocycles. The number of ether oxygens (including phenoxy) is 2. The zero-order valence-electron chi connectivity index (χ0n) is 26.2. The minimum atomic E-state index is -0.294. The molecule has 2 aromatic carbocycles. The molecule has 4 aliphatic rings. The monoisotopic (exact) mass is 629 g/mol. The smallest absolute Gasteiger partial charge is 0.247 e. The van der Waals surface area contributed by atoms with Gasteiger partial charge in [0.15, 0.2) is 5.82 Å². The summed E-state index contributed by atoms with van der Waals surface area (Å²) in [7, 11) is 1.63. The number of carbonyl (C=O) groups is 1. The number of anilines is 5. The highest BCUT2D eigenvalue weighted by atomic mass is 19.1. The lowest BCUT2D eigenvalue weighted by atomic mass is 10.0. The van der Waals surface area contributed by atoms with Crippen molar-refractivity contribution in [2.75, 3.05) is 60.6 Å². The van der Waals surface area contributed by atoms with Gasteiger partial charge in [-0.1, -0.05) is 18.7 Å². The molecule has 2 bridgehead atoms. The maximum Gasteiger partial charge on any atom is 0.247 e. The Morgan fingerprint density at radius 1 is 1.11 bits per heavy atom. The van der Waals surface area contributed by atoms with Gasteiger partial charge in [-0.05, 0) is 55.5 Å². The number of piperidine rings is 1. The molecule has 2 N–H and O–H groups in total. The number of hydroxylamine groups is 1. The number of rotatable bonds is 9. The van der Waals surface area contributed by atoms with Gasteiger partial charge in [-0.3, -0.25) is 14.5 Å². The van der Waals surface area contributed by atoms with E-state index in [0.717, 1.165) is 63.2 Å². The number of nitrogens with one attached hydrogen (secondary N) is 2. The Balaban J connectivity index is 1.12. The van der Waals surface area contributed by atoms with E-state index < -0.39 is 0 Å². The SMILES string of the molecule is C=CC(=O)Nc1cc(Nc2cc(N3OCC[C@@H]3c3ccc(F)c(C)c3)ncn2)c(OC)cc1N1CCC(N2C[C@H]3C[C@@H]2CO3)CC1. The highest BCUT2D eigenvalue weighted by molar-refractivity contribution is 6.02. The van der Waals surface area contributed by atoms with Crippen LogP contribution in [0.2, 0.25) is 0 Å². The van der Waals surface area contributed by atoms with Crippen LogP contribution in [0.3, 0.4) is 0 Å². The highest BCUT2D eigenvalue weighted by Gasteiger charge is 2.42. The number of amides is 1. The number of morpholine rings is 1. The second kappa shape index (κ2) is 12.9. The van der Waals surface area contributed by atoms with Gasteiger partial charge in [-0.2, -0.15) is 0 Å². The molecule has 7 rings (SSSR count). The van der Waals surface area contributed by atoms with Crippen LogP contribution in [0.5, 0.6) is 5.75 Å². The Hall–Kier alpha value is -4.26. The number of hydrogen-bond donors (Lipinski definition) is 2. The fourth-order valence-corrected chi connectivity index (χ4v) is 7.24. The van der Waals surface area contributed by atoms with Gasteiger partial charge in [0.2, 0.25) is 5.91 Å². The van der Waals surface area contributed by atoms with E-state index in [1.165, 1.54) is 18.5 Å². The van der Waals surface area contributed by atoms with Crippen molar-refractivity contribution in [2.24, 2.45) is 0 Å². The Morgan fingerprint density at radius 2 is 1.96 bits per heavy atom. The summed E-state index contributed by atoms with van der Waals surface area (Å²) in [4.78, 5) is 32.4. The van der Waals surface area contributed by atoms with Gasteiger partial charge in [0.05, 0.1) is 49.5 Å². The molecule has 1 aromatic heterocycles. The van der Waals surface area contributed by atoms with Crippen LogP contribution in [0, 0.1) is 12.7 Å². The van der Waals surface area contributed by atoms with Crippen molar-refractivity contribution in [1.29, 1.82) is 0 Å². The van der Waals surface area contributed by atoms with Gasteiger partial charge in [0.1, 0.15) is 23.7 Å². The van der Waals surface area contributed by atoms with Crippen molar-refractivity contribution in [1.82, 2.24) is 14.9 Å². The Morgan fingerprint density at radius 3 is 2.67 bits per heavy atom. The molecule has 242 valence electrons. The minimum Gasteiger partial charge on any atom is -0.494 e. The van der Waals surface area contributed by atoms with Crippen LogP contribution >= 0.6 is 0 Å². The van der Waals surface area contributed by atoms with Crippen molar-refractivity contribution in [2.45, 2.75) is 56.8 Å². The van der Waals surface area contributed by atoms with Crippen LogP contribution in [-0.2, 0) is 14.4 Å². The van der Waals surface area contributed by atoms with Crippen molar-refractivity contribution in [3.05, 3.63) is 72.3 Å². The molecule has 0 unspecified atom stereocenters. The van der Waals surface area contributed by atoms with Gasteiger partial charge < -0.3 is 25.0 Å². The van der Waals surface area contributed by atoms with E-state index in [-0.39, 0.29) is 17.8 Å². The summed E-state index contributed by atoms with van der Waals surface area (Å²) in [5.74, 6) is 1.17. The Labute approximate surface area is 268 Å². The second-order valence-electron chi connectivity index (χ2n) is 12.4. The summed E-state index contributed by atoms with van der Waals surface area (Å²) in [6, 6.07) is 11.7. The van der Waals surface area contributed by atoms with Crippen LogP contribution < -0.4 is 25.3 Å². The molecule has 4 fully saturated rings.